The molecule has 19 heavy (non-hydrogen) atoms. The Morgan fingerprint density at radius 1 is 1.58 bits per heavy atom. The highest BCUT2D eigenvalue weighted by Gasteiger charge is 2.27. The quantitative estimate of drug-likeness (QED) is 0.765. The summed E-state index contributed by atoms with van der Waals surface area (Å²) >= 11 is 0. The zero-order valence-electron chi connectivity index (χ0n) is 11.0. The number of nitrogens with one attached hydrogen (secondary N) is 1. The number of hydrogen-bond acceptors (Lipinski definition) is 5. The van der Waals surface area contributed by atoms with E-state index >= 15 is 0 Å². The Kier molecular flexibility index (Phi) is 3.90. The van der Waals surface area contributed by atoms with Crippen LogP contribution >= 0.6 is 0 Å². The number of nitrogens with two attached hydrogens (primary N) is 1. The van der Waals surface area contributed by atoms with Gasteiger partial charge >= 0.3 is 5.97 Å². The second kappa shape index (κ2) is 5.44. The van der Waals surface area contributed by atoms with Crippen molar-refractivity contribution in [1.29, 1.82) is 0 Å². The van der Waals surface area contributed by atoms with Crippen LogP contribution in [0.5, 0.6) is 0 Å². The molecule has 1 aromatic rings. The molecule has 6 heteroatoms. The number of ether oxygens (including phenoxy) is 1. The minimum absolute atomic E-state index is 0.0975. The van der Waals surface area contributed by atoms with Gasteiger partial charge in [0.15, 0.2) is 0 Å². The molecule has 1 aromatic heterocycles. The Morgan fingerprint density at radius 3 is 2.84 bits per heavy atom. The molecule has 0 radical (unpaired) electrons. The van der Waals surface area contributed by atoms with Crippen molar-refractivity contribution in [2.24, 2.45) is 5.41 Å². The highest BCUT2D eigenvalue weighted by Crippen LogP contribution is 2.30. The monoisotopic (exact) mass is 265 g/mol. The van der Waals surface area contributed by atoms with Crippen molar-refractivity contribution >= 4 is 17.5 Å². The molecule has 0 aromatic carbocycles. The lowest BCUT2D eigenvalue weighted by molar-refractivity contribution is 0.0300. The van der Waals surface area contributed by atoms with Crippen molar-refractivity contribution < 1.29 is 14.6 Å². The van der Waals surface area contributed by atoms with E-state index in [1.54, 1.807) is 0 Å². The molecular formula is C13H19N3O3. The van der Waals surface area contributed by atoms with Crippen molar-refractivity contribution in [1.82, 2.24) is 4.98 Å². The van der Waals surface area contributed by atoms with Crippen LogP contribution in [0.2, 0.25) is 0 Å². The van der Waals surface area contributed by atoms with Gasteiger partial charge in [0, 0.05) is 26.0 Å². The summed E-state index contributed by atoms with van der Waals surface area (Å²) < 4.78 is 5.35. The minimum Gasteiger partial charge on any atom is -0.478 e. The fourth-order valence-electron chi connectivity index (χ4n) is 2.08. The molecule has 6 nitrogen and oxygen atoms in total. The van der Waals surface area contributed by atoms with E-state index < -0.39 is 5.97 Å². The number of nitrogens with zero attached hydrogens (tertiary/aromatic N) is 1. The number of carboxylic acid groups (broad SMARTS) is 1. The molecule has 104 valence electrons. The summed E-state index contributed by atoms with van der Waals surface area (Å²) in [5, 5.41) is 12.0. The topological polar surface area (TPSA) is 97.5 Å². The highest BCUT2D eigenvalue weighted by atomic mass is 16.5. The van der Waals surface area contributed by atoms with Gasteiger partial charge < -0.3 is 20.9 Å². The molecule has 2 heterocycles. The molecule has 0 atom stereocenters. The van der Waals surface area contributed by atoms with E-state index in [-0.39, 0.29) is 11.0 Å². The summed E-state index contributed by atoms with van der Waals surface area (Å²) in [6.45, 7) is 4.50. The minimum atomic E-state index is -1.03. The van der Waals surface area contributed by atoms with E-state index in [2.05, 4.69) is 17.2 Å². The summed E-state index contributed by atoms with van der Waals surface area (Å²) in [6, 6.07) is 1.42. The molecule has 0 saturated carbocycles. The van der Waals surface area contributed by atoms with Gasteiger partial charge in [-0.1, -0.05) is 6.92 Å². The van der Waals surface area contributed by atoms with Crippen LogP contribution in [0.4, 0.5) is 11.5 Å². The molecule has 1 saturated heterocycles. The average Bonchev–Trinajstić information content (AvgIpc) is 2.38. The molecule has 0 aliphatic carbocycles. The van der Waals surface area contributed by atoms with Crippen molar-refractivity contribution in [2.75, 3.05) is 30.8 Å². The van der Waals surface area contributed by atoms with Crippen LogP contribution in [0, 0.1) is 5.41 Å². The number of carboxylic acids is 1. The van der Waals surface area contributed by atoms with Gasteiger partial charge in [0.2, 0.25) is 0 Å². The molecule has 0 amide bonds. The first kappa shape index (κ1) is 13.6. The molecule has 1 aliphatic heterocycles. The van der Waals surface area contributed by atoms with Crippen LogP contribution in [-0.4, -0.2) is 35.8 Å². The van der Waals surface area contributed by atoms with Gasteiger partial charge in [-0.05, 0) is 24.3 Å². The molecule has 0 bridgehead atoms. The molecule has 1 fully saturated rings. The van der Waals surface area contributed by atoms with Crippen molar-refractivity contribution in [2.45, 2.75) is 19.8 Å². The lowest BCUT2D eigenvalue weighted by Crippen LogP contribution is -2.33. The number of aromatic nitrogens is 1. The molecule has 1 aliphatic rings. The number of carbonyl (C=O) groups is 1. The SMILES string of the molecule is CC1(CNc2ncc(C(=O)O)cc2N)CCOCC1. The zero-order chi connectivity index (χ0) is 13.9. The predicted octanol–water partition coefficient (Wildman–Crippen LogP) is 1.59. The fraction of sp³-hybridized carbons (Fsp3) is 0.538. The van der Waals surface area contributed by atoms with Gasteiger partial charge in [-0.15, -0.1) is 0 Å². The Labute approximate surface area is 112 Å². The molecule has 4 N–H and O–H groups in total. The number of anilines is 2. The standard InChI is InChI=1S/C13H19N3O3/c1-13(2-4-19-5-3-13)8-16-11-10(14)6-9(7-15-11)12(17)18/h6-7H,2-5,8,14H2,1H3,(H,15,16)(H,17,18). The van der Waals surface area contributed by atoms with Gasteiger partial charge in [0.1, 0.15) is 5.82 Å². The number of hydrogen-bond donors (Lipinski definition) is 3. The van der Waals surface area contributed by atoms with Crippen LogP contribution in [0.1, 0.15) is 30.1 Å². The third kappa shape index (κ3) is 3.35. The first-order valence-corrected chi connectivity index (χ1v) is 6.31. The summed E-state index contributed by atoms with van der Waals surface area (Å²) in [4.78, 5) is 14.9. The van der Waals surface area contributed by atoms with Crippen LogP contribution in [0.25, 0.3) is 0 Å². The third-order valence-electron chi connectivity index (χ3n) is 3.55. The van der Waals surface area contributed by atoms with Crippen molar-refractivity contribution in [3.05, 3.63) is 17.8 Å². The Hall–Kier alpha value is -1.82. The number of aromatic carboxylic acids is 1. The Morgan fingerprint density at radius 2 is 2.26 bits per heavy atom. The lowest BCUT2D eigenvalue weighted by Gasteiger charge is -2.33. The average molecular weight is 265 g/mol. The summed E-state index contributed by atoms with van der Waals surface area (Å²) in [5.74, 6) is -0.486. The van der Waals surface area contributed by atoms with Crippen molar-refractivity contribution in [3.8, 4) is 0 Å². The van der Waals surface area contributed by atoms with E-state index in [4.69, 9.17) is 15.6 Å². The van der Waals surface area contributed by atoms with E-state index in [1.165, 1.54) is 12.3 Å². The van der Waals surface area contributed by atoms with Crippen LogP contribution in [0.3, 0.4) is 0 Å². The maximum absolute atomic E-state index is 10.8. The smallest absolute Gasteiger partial charge is 0.337 e. The third-order valence-corrected chi connectivity index (χ3v) is 3.55. The van der Waals surface area contributed by atoms with E-state index in [9.17, 15) is 4.79 Å². The van der Waals surface area contributed by atoms with Crippen LogP contribution in [-0.2, 0) is 4.74 Å². The lowest BCUT2D eigenvalue weighted by atomic mass is 9.82. The van der Waals surface area contributed by atoms with Gasteiger partial charge in [0.05, 0.1) is 11.3 Å². The summed E-state index contributed by atoms with van der Waals surface area (Å²) in [6.07, 6.45) is 3.30. The molecule has 2 rings (SSSR count). The summed E-state index contributed by atoms with van der Waals surface area (Å²) in [5.41, 5.74) is 6.42. The van der Waals surface area contributed by atoms with Crippen LogP contribution in [0.15, 0.2) is 12.3 Å². The number of pyridine rings is 1. The predicted molar refractivity (Wildman–Crippen MR) is 72.3 cm³/mol. The largest absolute Gasteiger partial charge is 0.478 e. The fourth-order valence-corrected chi connectivity index (χ4v) is 2.08. The highest BCUT2D eigenvalue weighted by molar-refractivity contribution is 5.89. The van der Waals surface area contributed by atoms with Crippen LogP contribution < -0.4 is 11.1 Å². The maximum atomic E-state index is 10.8. The molecular weight excluding hydrogens is 246 g/mol. The van der Waals surface area contributed by atoms with Gasteiger partial charge in [-0.2, -0.15) is 0 Å². The first-order chi connectivity index (χ1) is 9.00. The number of nitrogen functional groups attached to an aromatic ring is 1. The van der Waals surface area contributed by atoms with Crippen molar-refractivity contribution in [3.63, 3.8) is 0 Å². The first-order valence-electron chi connectivity index (χ1n) is 6.31. The summed E-state index contributed by atoms with van der Waals surface area (Å²) in [7, 11) is 0. The molecule has 0 unspecified atom stereocenters. The Bertz CT molecular complexity index is 470. The van der Waals surface area contributed by atoms with E-state index in [0.717, 1.165) is 32.6 Å². The normalized spacial score (nSPS) is 17.9. The Balaban J connectivity index is 2.01. The van der Waals surface area contributed by atoms with E-state index in [1.807, 2.05) is 0 Å². The molecule has 0 spiro atoms. The van der Waals surface area contributed by atoms with E-state index in [0.29, 0.717) is 11.5 Å². The van der Waals surface area contributed by atoms with Gasteiger partial charge in [0.25, 0.3) is 0 Å². The zero-order valence-corrected chi connectivity index (χ0v) is 11.0. The second-order valence-corrected chi connectivity index (χ2v) is 5.24. The second-order valence-electron chi connectivity index (χ2n) is 5.24. The number of rotatable bonds is 4. The van der Waals surface area contributed by atoms with Gasteiger partial charge in [-0.25, -0.2) is 9.78 Å². The maximum Gasteiger partial charge on any atom is 0.337 e. The van der Waals surface area contributed by atoms with Gasteiger partial charge in [-0.3, -0.25) is 0 Å².